The Hall–Kier alpha value is -1.59. The van der Waals surface area contributed by atoms with Gasteiger partial charge in [-0.2, -0.15) is 0 Å². The van der Waals surface area contributed by atoms with Gasteiger partial charge in [0.2, 0.25) is 5.70 Å². The first-order chi connectivity index (χ1) is 14.3. The number of nitro groups is 1. The van der Waals surface area contributed by atoms with Crippen LogP contribution < -0.4 is 17.1 Å². The largest absolute Gasteiger partial charge is 1.00 e. The summed E-state index contributed by atoms with van der Waals surface area (Å²) in [5.74, 6) is 0.667. The van der Waals surface area contributed by atoms with Crippen molar-refractivity contribution < 1.29 is 26.6 Å². The van der Waals surface area contributed by atoms with Crippen molar-refractivity contribution in [1.82, 2.24) is 0 Å². The third-order valence-electron chi connectivity index (χ3n) is 5.67. The highest BCUT2D eigenvalue weighted by Crippen LogP contribution is 2.24. The quantitative estimate of drug-likeness (QED) is 0.165. The molecule has 1 aromatic carbocycles. The number of methoxy groups -OCH3 is 1. The summed E-state index contributed by atoms with van der Waals surface area (Å²) in [7, 11) is 6.12. The zero-order chi connectivity index (χ0) is 22.4. The molecule has 178 valence electrons. The predicted molar refractivity (Wildman–Crippen MR) is 126 cm³/mol. The molecule has 0 aliphatic carbocycles. The van der Waals surface area contributed by atoms with E-state index in [4.69, 9.17) is 4.74 Å². The Morgan fingerprint density at radius 3 is 2.10 bits per heavy atom. The second-order valence-electron chi connectivity index (χ2n) is 9.12. The summed E-state index contributed by atoms with van der Waals surface area (Å²) in [6.45, 7) is 5.82. The minimum atomic E-state index is -0.364. The van der Waals surface area contributed by atoms with Crippen LogP contribution in [0.2, 0.25) is 0 Å². The molecule has 0 bridgehead atoms. The van der Waals surface area contributed by atoms with Crippen molar-refractivity contribution in [2.75, 3.05) is 27.7 Å². The molecule has 1 rings (SSSR count). The second-order valence-corrected chi connectivity index (χ2v) is 9.12. The van der Waals surface area contributed by atoms with Gasteiger partial charge < -0.3 is 21.6 Å². The smallest absolute Gasteiger partial charge is 0.243 e. The summed E-state index contributed by atoms with van der Waals surface area (Å²) in [6.07, 6.45) is 15.1. The Labute approximate surface area is 196 Å². The molecule has 0 aromatic heterocycles. The van der Waals surface area contributed by atoms with E-state index < -0.39 is 0 Å². The lowest BCUT2D eigenvalue weighted by Gasteiger charge is -2.30. The molecular weight excluding hydrogens is 412 g/mol. The summed E-state index contributed by atoms with van der Waals surface area (Å²) in [4.78, 5) is 10.6. The van der Waals surface area contributed by atoms with E-state index in [0.717, 1.165) is 23.1 Å². The molecule has 0 atom stereocenters. The van der Waals surface area contributed by atoms with Crippen LogP contribution in [0.15, 0.2) is 23.9 Å². The first-order valence-electron chi connectivity index (χ1n) is 11.6. The van der Waals surface area contributed by atoms with Crippen molar-refractivity contribution in [3.8, 4) is 5.75 Å². The SMILES string of the molecule is CCCCCCCCCCCC[N+](C)(C)Cc1ccc(OC)c(/C=C(/C)[N+](=O)[O-])c1.[Cl-]. The van der Waals surface area contributed by atoms with Gasteiger partial charge in [-0.25, -0.2) is 0 Å². The molecule has 0 spiro atoms. The van der Waals surface area contributed by atoms with Crippen LogP contribution in [0.5, 0.6) is 5.75 Å². The summed E-state index contributed by atoms with van der Waals surface area (Å²) in [5.41, 5.74) is 2.06. The molecule has 0 aliphatic rings. The first-order valence-corrected chi connectivity index (χ1v) is 11.6. The van der Waals surface area contributed by atoms with Gasteiger partial charge in [0, 0.05) is 24.1 Å². The standard InChI is InChI=1S/C25H43N2O3.ClH/c1-6-7-8-9-10-11-12-13-14-15-18-27(3,4)21-23-16-17-25(30-5)24(20-23)19-22(2)26(28)29;/h16-17,19-20H,6-15,18,21H2,1-5H3;1H/q+1;/p-1/b22-19-;. The van der Waals surface area contributed by atoms with Crippen LogP contribution in [0.3, 0.4) is 0 Å². The molecular formula is C25H43ClN2O3. The van der Waals surface area contributed by atoms with Crippen LogP contribution in [-0.2, 0) is 6.54 Å². The van der Waals surface area contributed by atoms with Crippen LogP contribution in [0.1, 0.15) is 89.2 Å². The minimum Gasteiger partial charge on any atom is -1.00 e. The number of allylic oxidation sites excluding steroid dienone is 1. The lowest BCUT2D eigenvalue weighted by Crippen LogP contribution is -3.00. The van der Waals surface area contributed by atoms with Crippen LogP contribution in [0.4, 0.5) is 0 Å². The number of hydrogen-bond acceptors (Lipinski definition) is 3. The fourth-order valence-corrected chi connectivity index (χ4v) is 3.87. The maximum absolute atomic E-state index is 11.0. The van der Waals surface area contributed by atoms with Crippen molar-refractivity contribution in [2.45, 2.75) is 84.6 Å². The van der Waals surface area contributed by atoms with Gasteiger partial charge in [-0.15, -0.1) is 0 Å². The van der Waals surface area contributed by atoms with E-state index in [1.807, 2.05) is 12.1 Å². The van der Waals surface area contributed by atoms with E-state index in [-0.39, 0.29) is 23.0 Å². The number of unbranched alkanes of at least 4 members (excludes halogenated alkanes) is 9. The lowest BCUT2D eigenvalue weighted by atomic mass is 10.1. The molecule has 0 saturated carbocycles. The number of ether oxygens (including phenoxy) is 1. The molecule has 0 amide bonds. The first kappa shape index (κ1) is 29.4. The highest BCUT2D eigenvalue weighted by molar-refractivity contribution is 5.59. The van der Waals surface area contributed by atoms with Crippen LogP contribution in [0.25, 0.3) is 6.08 Å². The Bertz CT molecular complexity index is 675. The number of rotatable bonds is 16. The van der Waals surface area contributed by atoms with Crippen molar-refractivity contribution in [3.05, 3.63) is 45.1 Å². The van der Waals surface area contributed by atoms with Gasteiger partial charge in [-0.1, -0.05) is 58.3 Å². The number of hydrogen-bond donors (Lipinski definition) is 0. The average molecular weight is 455 g/mol. The monoisotopic (exact) mass is 454 g/mol. The van der Waals surface area contributed by atoms with E-state index in [1.165, 1.54) is 76.7 Å². The predicted octanol–water partition coefficient (Wildman–Crippen LogP) is 3.83. The Morgan fingerprint density at radius 1 is 1.03 bits per heavy atom. The number of halogens is 1. The third kappa shape index (κ3) is 12.8. The fraction of sp³-hybridized carbons (Fsp3) is 0.680. The molecule has 1 aromatic rings. The highest BCUT2D eigenvalue weighted by Gasteiger charge is 2.17. The van der Waals surface area contributed by atoms with Gasteiger partial charge in [0.05, 0.1) is 32.7 Å². The Balaban J connectivity index is 0.00000900. The van der Waals surface area contributed by atoms with Crippen molar-refractivity contribution in [3.63, 3.8) is 0 Å². The van der Waals surface area contributed by atoms with Gasteiger partial charge in [0.25, 0.3) is 0 Å². The number of quaternary nitrogens is 1. The molecule has 0 N–H and O–H groups in total. The van der Waals surface area contributed by atoms with E-state index in [2.05, 4.69) is 27.1 Å². The highest BCUT2D eigenvalue weighted by atomic mass is 35.5. The number of benzene rings is 1. The molecule has 5 nitrogen and oxygen atoms in total. The van der Waals surface area contributed by atoms with Crippen molar-refractivity contribution >= 4 is 6.08 Å². The summed E-state index contributed by atoms with van der Waals surface area (Å²) < 4.78 is 6.30. The van der Waals surface area contributed by atoms with Gasteiger partial charge in [-0.3, -0.25) is 10.1 Å². The summed E-state index contributed by atoms with van der Waals surface area (Å²) >= 11 is 0. The maximum Gasteiger partial charge on any atom is 0.243 e. The summed E-state index contributed by atoms with van der Waals surface area (Å²) in [5, 5.41) is 11.0. The van der Waals surface area contributed by atoms with Crippen LogP contribution >= 0.6 is 0 Å². The topological polar surface area (TPSA) is 52.4 Å². The van der Waals surface area contributed by atoms with E-state index in [0.29, 0.717) is 5.75 Å². The van der Waals surface area contributed by atoms with Gasteiger partial charge in [-0.05, 0) is 31.0 Å². The Kier molecular flexibility index (Phi) is 15.3. The van der Waals surface area contributed by atoms with E-state index >= 15 is 0 Å². The van der Waals surface area contributed by atoms with Gasteiger partial charge in [0.1, 0.15) is 12.3 Å². The average Bonchev–Trinajstić information content (AvgIpc) is 2.69. The zero-order valence-corrected chi connectivity index (χ0v) is 21.0. The van der Waals surface area contributed by atoms with E-state index in [1.54, 1.807) is 13.2 Å². The molecule has 0 fully saturated rings. The zero-order valence-electron chi connectivity index (χ0n) is 20.3. The lowest BCUT2D eigenvalue weighted by molar-refractivity contribution is -0.903. The molecule has 0 radical (unpaired) electrons. The normalized spacial score (nSPS) is 11.8. The molecule has 31 heavy (non-hydrogen) atoms. The van der Waals surface area contributed by atoms with Crippen LogP contribution in [0, 0.1) is 10.1 Å². The molecule has 0 saturated heterocycles. The van der Waals surface area contributed by atoms with Gasteiger partial charge in [0.15, 0.2) is 0 Å². The molecule has 0 heterocycles. The van der Waals surface area contributed by atoms with E-state index in [9.17, 15) is 10.1 Å². The maximum atomic E-state index is 11.0. The Morgan fingerprint density at radius 2 is 1.58 bits per heavy atom. The summed E-state index contributed by atoms with van der Waals surface area (Å²) in [6, 6.07) is 6.00. The molecule has 0 aliphatic heterocycles. The minimum absolute atomic E-state index is 0. The third-order valence-corrected chi connectivity index (χ3v) is 5.67. The number of nitrogens with zero attached hydrogens (tertiary/aromatic N) is 2. The fourth-order valence-electron chi connectivity index (χ4n) is 3.87. The molecule has 0 unspecified atom stereocenters. The second kappa shape index (κ2) is 16.1. The van der Waals surface area contributed by atoms with Crippen molar-refractivity contribution in [2.24, 2.45) is 0 Å². The van der Waals surface area contributed by atoms with Crippen molar-refractivity contribution in [1.29, 1.82) is 0 Å². The van der Waals surface area contributed by atoms with Gasteiger partial charge >= 0.3 is 0 Å². The molecule has 6 heteroatoms. The van der Waals surface area contributed by atoms with Crippen LogP contribution in [-0.4, -0.2) is 37.2 Å².